The van der Waals surface area contributed by atoms with E-state index in [2.05, 4.69) is 4.98 Å². The summed E-state index contributed by atoms with van der Waals surface area (Å²) in [4.78, 5) is 19.5. The number of nitrogens with zero attached hydrogens (tertiary/aromatic N) is 2. The van der Waals surface area contributed by atoms with Gasteiger partial charge in [-0.05, 0) is 67.5 Å². The second-order valence-corrected chi connectivity index (χ2v) is 7.55. The van der Waals surface area contributed by atoms with Crippen molar-refractivity contribution < 1.29 is 9.53 Å². The molecule has 27 heavy (non-hydrogen) atoms. The summed E-state index contributed by atoms with van der Waals surface area (Å²) in [6.07, 6.45) is 6.37. The highest BCUT2D eigenvalue weighted by atomic mass is 35.5. The van der Waals surface area contributed by atoms with Gasteiger partial charge in [-0.3, -0.25) is 9.78 Å². The number of carbonyl (C=O) groups excluding carboxylic acids is 1. The first-order chi connectivity index (χ1) is 13.2. The molecule has 2 unspecified atom stereocenters. The standard InChI is InChI=1S/C22H27ClN2O2/c1-2-27-16-18-4-3-13-25(15-18)22(26)21(14-17-9-11-24-12-10-17)19-5-7-20(23)8-6-19/h5-12,18,21H,2-4,13-16H2,1H3. The maximum atomic E-state index is 13.4. The topological polar surface area (TPSA) is 42.4 Å². The molecule has 1 fully saturated rings. The second kappa shape index (κ2) is 9.86. The number of ether oxygens (including phenoxy) is 1. The molecule has 0 bridgehead atoms. The highest BCUT2D eigenvalue weighted by Crippen LogP contribution is 2.27. The molecule has 4 nitrogen and oxygen atoms in total. The number of likely N-dealkylation sites (tertiary alicyclic amines) is 1. The van der Waals surface area contributed by atoms with Crippen molar-refractivity contribution >= 4 is 17.5 Å². The molecule has 1 amide bonds. The molecule has 1 aliphatic heterocycles. The molecule has 0 saturated carbocycles. The Labute approximate surface area is 166 Å². The zero-order valence-electron chi connectivity index (χ0n) is 15.8. The molecule has 2 atom stereocenters. The number of aromatic nitrogens is 1. The third-order valence-corrected chi connectivity index (χ3v) is 5.40. The first-order valence-electron chi connectivity index (χ1n) is 9.68. The van der Waals surface area contributed by atoms with Crippen LogP contribution < -0.4 is 0 Å². The predicted molar refractivity (Wildman–Crippen MR) is 108 cm³/mol. The number of piperidine rings is 1. The molecule has 144 valence electrons. The second-order valence-electron chi connectivity index (χ2n) is 7.12. The number of pyridine rings is 1. The third-order valence-electron chi connectivity index (χ3n) is 5.15. The lowest BCUT2D eigenvalue weighted by molar-refractivity contribution is -0.135. The Morgan fingerprint density at radius 2 is 2.00 bits per heavy atom. The van der Waals surface area contributed by atoms with Crippen LogP contribution in [0, 0.1) is 5.92 Å². The van der Waals surface area contributed by atoms with Crippen LogP contribution in [0.3, 0.4) is 0 Å². The Hall–Kier alpha value is -1.91. The molecular formula is C22H27ClN2O2. The number of halogens is 1. The quantitative estimate of drug-likeness (QED) is 0.711. The van der Waals surface area contributed by atoms with E-state index in [0.29, 0.717) is 17.4 Å². The summed E-state index contributed by atoms with van der Waals surface area (Å²) >= 11 is 6.05. The van der Waals surface area contributed by atoms with Gasteiger partial charge in [-0.2, -0.15) is 0 Å². The van der Waals surface area contributed by atoms with E-state index in [1.165, 1.54) is 0 Å². The molecule has 1 aliphatic rings. The van der Waals surface area contributed by atoms with Crippen molar-refractivity contribution in [1.82, 2.24) is 9.88 Å². The average molecular weight is 387 g/mol. The lowest BCUT2D eigenvalue weighted by Crippen LogP contribution is -2.43. The highest BCUT2D eigenvalue weighted by molar-refractivity contribution is 6.30. The van der Waals surface area contributed by atoms with Gasteiger partial charge in [-0.25, -0.2) is 0 Å². The Bertz CT molecular complexity index is 721. The molecule has 0 N–H and O–H groups in total. The largest absolute Gasteiger partial charge is 0.381 e. The Morgan fingerprint density at radius 3 is 2.70 bits per heavy atom. The van der Waals surface area contributed by atoms with E-state index in [9.17, 15) is 4.79 Å². The van der Waals surface area contributed by atoms with Crippen molar-refractivity contribution in [3.63, 3.8) is 0 Å². The predicted octanol–water partition coefficient (Wildman–Crippen LogP) is 4.34. The van der Waals surface area contributed by atoms with E-state index in [1.807, 2.05) is 48.2 Å². The fourth-order valence-electron chi connectivity index (χ4n) is 3.70. The third kappa shape index (κ3) is 5.53. The van der Waals surface area contributed by atoms with Gasteiger partial charge in [0.05, 0.1) is 12.5 Å². The van der Waals surface area contributed by atoms with Crippen LogP contribution in [0.2, 0.25) is 5.02 Å². The summed E-state index contributed by atoms with van der Waals surface area (Å²) in [5, 5.41) is 0.684. The fraction of sp³-hybridized carbons (Fsp3) is 0.455. The zero-order chi connectivity index (χ0) is 19.1. The minimum absolute atomic E-state index is 0.190. The van der Waals surface area contributed by atoms with Crippen molar-refractivity contribution in [3.05, 3.63) is 64.9 Å². The SMILES string of the molecule is CCOCC1CCCN(C(=O)C(Cc2ccncc2)c2ccc(Cl)cc2)C1. The van der Waals surface area contributed by atoms with Gasteiger partial charge in [-0.15, -0.1) is 0 Å². The van der Waals surface area contributed by atoms with E-state index in [1.54, 1.807) is 12.4 Å². The van der Waals surface area contributed by atoms with E-state index >= 15 is 0 Å². The molecule has 1 saturated heterocycles. The first-order valence-corrected chi connectivity index (χ1v) is 10.1. The van der Waals surface area contributed by atoms with Crippen LogP contribution in [0.4, 0.5) is 0 Å². The van der Waals surface area contributed by atoms with Crippen molar-refractivity contribution in [2.75, 3.05) is 26.3 Å². The molecule has 2 aromatic rings. The number of carbonyl (C=O) groups is 1. The summed E-state index contributed by atoms with van der Waals surface area (Å²) < 4.78 is 5.60. The van der Waals surface area contributed by atoms with Gasteiger partial charge in [0.1, 0.15) is 0 Å². The van der Waals surface area contributed by atoms with E-state index < -0.39 is 0 Å². The summed E-state index contributed by atoms with van der Waals surface area (Å²) in [7, 11) is 0. The molecule has 2 heterocycles. The van der Waals surface area contributed by atoms with Crippen LogP contribution in [-0.4, -0.2) is 42.1 Å². The van der Waals surface area contributed by atoms with E-state index in [0.717, 1.165) is 50.3 Å². The summed E-state index contributed by atoms with van der Waals surface area (Å²) in [5.41, 5.74) is 2.12. The van der Waals surface area contributed by atoms with Crippen LogP contribution >= 0.6 is 11.6 Å². The van der Waals surface area contributed by atoms with Crippen LogP contribution in [-0.2, 0) is 16.0 Å². The summed E-state index contributed by atoms with van der Waals surface area (Å²) in [6.45, 7) is 5.06. The molecular weight excluding hydrogens is 360 g/mol. The lowest BCUT2D eigenvalue weighted by Gasteiger charge is -2.35. The van der Waals surface area contributed by atoms with Gasteiger partial charge in [0.25, 0.3) is 0 Å². The van der Waals surface area contributed by atoms with Crippen LogP contribution in [0.15, 0.2) is 48.8 Å². The summed E-state index contributed by atoms with van der Waals surface area (Å²) in [5.74, 6) is 0.403. The Balaban J connectivity index is 1.78. The number of benzene rings is 1. The smallest absolute Gasteiger partial charge is 0.230 e. The molecule has 5 heteroatoms. The molecule has 0 aliphatic carbocycles. The maximum Gasteiger partial charge on any atom is 0.230 e. The average Bonchev–Trinajstić information content (AvgIpc) is 2.72. The fourth-order valence-corrected chi connectivity index (χ4v) is 3.83. The molecule has 1 aromatic carbocycles. The Morgan fingerprint density at radius 1 is 1.26 bits per heavy atom. The highest BCUT2D eigenvalue weighted by Gasteiger charge is 2.30. The van der Waals surface area contributed by atoms with Gasteiger partial charge < -0.3 is 9.64 Å². The van der Waals surface area contributed by atoms with Gasteiger partial charge in [0.2, 0.25) is 5.91 Å². The minimum Gasteiger partial charge on any atom is -0.381 e. The number of hydrogen-bond donors (Lipinski definition) is 0. The molecule has 1 aromatic heterocycles. The van der Waals surface area contributed by atoms with Crippen LogP contribution in [0.25, 0.3) is 0 Å². The van der Waals surface area contributed by atoms with Crippen LogP contribution in [0.1, 0.15) is 36.8 Å². The zero-order valence-corrected chi connectivity index (χ0v) is 16.6. The molecule has 0 radical (unpaired) electrons. The minimum atomic E-state index is -0.212. The molecule has 3 rings (SSSR count). The van der Waals surface area contributed by atoms with Gasteiger partial charge in [0.15, 0.2) is 0 Å². The van der Waals surface area contributed by atoms with Crippen molar-refractivity contribution in [2.24, 2.45) is 5.92 Å². The molecule has 0 spiro atoms. The van der Waals surface area contributed by atoms with Crippen molar-refractivity contribution in [3.8, 4) is 0 Å². The number of amides is 1. The van der Waals surface area contributed by atoms with Crippen molar-refractivity contribution in [1.29, 1.82) is 0 Å². The van der Waals surface area contributed by atoms with E-state index in [4.69, 9.17) is 16.3 Å². The first kappa shape index (κ1) is 19.8. The van der Waals surface area contributed by atoms with E-state index in [-0.39, 0.29) is 11.8 Å². The maximum absolute atomic E-state index is 13.4. The number of rotatable bonds is 7. The Kier molecular flexibility index (Phi) is 7.25. The monoisotopic (exact) mass is 386 g/mol. The summed E-state index contributed by atoms with van der Waals surface area (Å²) in [6, 6.07) is 11.6. The van der Waals surface area contributed by atoms with Crippen molar-refractivity contribution in [2.45, 2.75) is 32.1 Å². The number of hydrogen-bond acceptors (Lipinski definition) is 3. The van der Waals surface area contributed by atoms with Gasteiger partial charge >= 0.3 is 0 Å². The normalized spacial score (nSPS) is 18.3. The lowest BCUT2D eigenvalue weighted by atomic mass is 9.89. The van der Waals surface area contributed by atoms with Crippen LogP contribution in [0.5, 0.6) is 0 Å². The van der Waals surface area contributed by atoms with Gasteiger partial charge in [-0.1, -0.05) is 23.7 Å². The van der Waals surface area contributed by atoms with Gasteiger partial charge in [0, 0.05) is 37.1 Å².